The van der Waals surface area contributed by atoms with E-state index in [4.69, 9.17) is 5.73 Å². The monoisotopic (exact) mass is 246 g/mol. The predicted octanol–water partition coefficient (Wildman–Crippen LogP) is 1.96. The van der Waals surface area contributed by atoms with E-state index in [9.17, 15) is 4.79 Å². The molecule has 1 amide bonds. The standard InChI is InChI=1S/C15H22N2O/c1-15(2)9-6-10-17(15)14(18)13(16)11-12-7-4-3-5-8-12/h3-5,7-8,13H,6,9-11,16H2,1-2H3/t13-/m1/s1. The van der Waals surface area contributed by atoms with E-state index in [0.29, 0.717) is 6.42 Å². The second-order valence-corrected chi connectivity index (χ2v) is 5.70. The molecule has 98 valence electrons. The molecule has 3 nitrogen and oxygen atoms in total. The molecule has 2 N–H and O–H groups in total. The highest BCUT2D eigenvalue weighted by Gasteiger charge is 2.37. The van der Waals surface area contributed by atoms with E-state index in [-0.39, 0.29) is 11.4 Å². The van der Waals surface area contributed by atoms with Gasteiger partial charge in [0.1, 0.15) is 0 Å². The molecule has 18 heavy (non-hydrogen) atoms. The molecule has 0 aromatic heterocycles. The van der Waals surface area contributed by atoms with E-state index in [1.54, 1.807) is 0 Å². The van der Waals surface area contributed by atoms with Crippen LogP contribution in [0.4, 0.5) is 0 Å². The van der Waals surface area contributed by atoms with E-state index in [0.717, 1.165) is 24.9 Å². The van der Waals surface area contributed by atoms with E-state index in [1.165, 1.54) is 0 Å². The molecule has 0 radical (unpaired) electrons. The average molecular weight is 246 g/mol. The lowest BCUT2D eigenvalue weighted by atomic mass is 10.00. The summed E-state index contributed by atoms with van der Waals surface area (Å²) in [6.45, 7) is 5.08. The maximum absolute atomic E-state index is 12.4. The largest absolute Gasteiger partial charge is 0.336 e. The third-order valence-corrected chi connectivity index (χ3v) is 3.78. The molecule has 1 fully saturated rings. The van der Waals surface area contributed by atoms with Gasteiger partial charge >= 0.3 is 0 Å². The quantitative estimate of drug-likeness (QED) is 0.886. The Hall–Kier alpha value is -1.35. The summed E-state index contributed by atoms with van der Waals surface area (Å²) in [6.07, 6.45) is 2.76. The fourth-order valence-electron chi connectivity index (χ4n) is 2.67. The zero-order chi connectivity index (χ0) is 13.2. The summed E-state index contributed by atoms with van der Waals surface area (Å²) < 4.78 is 0. The molecule has 1 atom stereocenters. The van der Waals surface area contributed by atoms with Crippen molar-refractivity contribution in [2.45, 2.75) is 44.7 Å². The van der Waals surface area contributed by atoms with Crippen molar-refractivity contribution in [3.63, 3.8) is 0 Å². The summed E-state index contributed by atoms with van der Waals surface area (Å²) in [6, 6.07) is 9.54. The Balaban J connectivity index is 2.01. The van der Waals surface area contributed by atoms with Gasteiger partial charge in [-0.05, 0) is 38.7 Å². The highest BCUT2D eigenvalue weighted by molar-refractivity contribution is 5.83. The fraction of sp³-hybridized carbons (Fsp3) is 0.533. The zero-order valence-electron chi connectivity index (χ0n) is 11.2. The molecule has 1 aliphatic rings. The molecular weight excluding hydrogens is 224 g/mol. The maximum Gasteiger partial charge on any atom is 0.240 e. The van der Waals surface area contributed by atoms with E-state index in [1.807, 2.05) is 35.2 Å². The minimum absolute atomic E-state index is 0.0363. The van der Waals surface area contributed by atoms with Gasteiger partial charge in [-0.15, -0.1) is 0 Å². The van der Waals surface area contributed by atoms with Crippen LogP contribution < -0.4 is 5.73 Å². The molecule has 3 heteroatoms. The number of nitrogens with zero attached hydrogens (tertiary/aromatic N) is 1. The molecule has 0 saturated carbocycles. The first-order chi connectivity index (χ1) is 8.50. The van der Waals surface area contributed by atoms with Crippen LogP contribution in [0.15, 0.2) is 30.3 Å². The van der Waals surface area contributed by atoms with Gasteiger partial charge in [-0.1, -0.05) is 30.3 Å². The van der Waals surface area contributed by atoms with Crippen LogP contribution in [0.3, 0.4) is 0 Å². The van der Waals surface area contributed by atoms with Gasteiger partial charge in [-0.25, -0.2) is 0 Å². The number of rotatable bonds is 3. The normalized spacial score (nSPS) is 19.8. The molecule has 0 aliphatic carbocycles. The SMILES string of the molecule is CC1(C)CCCN1C(=O)[C@H](N)Cc1ccccc1. The van der Waals surface area contributed by atoms with Gasteiger partial charge in [0, 0.05) is 12.1 Å². The average Bonchev–Trinajstić information content (AvgIpc) is 2.69. The first-order valence-electron chi connectivity index (χ1n) is 6.62. The van der Waals surface area contributed by atoms with Crippen LogP contribution in [-0.2, 0) is 11.2 Å². The van der Waals surface area contributed by atoms with Gasteiger partial charge in [0.25, 0.3) is 0 Å². The number of carbonyl (C=O) groups excluding carboxylic acids is 1. The second kappa shape index (κ2) is 5.11. The molecule has 0 bridgehead atoms. The van der Waals surface area contributed by atoms with Gasteiger partial charge in [-0.3, -0.25) is 4.79 Å². The van der Waals surface area contributed by atoms with Crippen molar-refractivity contribution < 1.29 is 4.79 Å². The third-order valence-electron chi connectivity index (χ3n) is 3.78. The minimum atomic E-state index is -0.426. The van der Waals surface area contributed by atoms with Crippen molar-refractivity contribution in [2.75, 3.05) is 6.54 Å². The van der Waals surface area contributed by atoms with Gasteiger partial charge in [-0.2, -0.15) is 0 Å². The van der Waals surface area contributed by atoms with Crippen LogP contribution in [0.5, 0.6) is 0 Å². The number of carbonyl (C=O) groups is 1. The highest BCUT2D eigenvalue weighted by Crippen LogP contribution is 2.28. The number of benzene rings is 1. The summed E-state index contributed by atoms with van der Waals surface area (Å²) in [5.41, 5.74) is 7.14. The van der Waals surface area contributed by atoms with Crippen LogP contribution >= 0.6 is 0 Å². The number of amides is 1. The molecule has 1 aliphatic heterocycles. The third kappa shape index (κ3) is 2.72. The Labute approximate surface area is 109 Å². The fourth-order valence-corrected chi connectivity index (χ4v) is 2.67. The highest BCUT2D eigenvalue weighted by atomic mass is 16.2. The Kier molecular flexibility index (Phi) is 3.71. The molecule has 1 aromatic carbocycles. The summed E-state index contributed by atoms with van der Waals surface area (Å²) in [4.78, 5) is 14.3. The summed E-state index contributed by atoms with van der Waals surface area (Å²) in [5, 5.41) is 0. The second-order valence-electron chi connectivity index (χ2n) is 5.70. The molecule has 2 rings (SSSR count). The number of hydrogen-bond acceptors (Lipinski definition) is 2. The van der Waals surface area contributed by atoms with Crippen LogP contribution in [0.25, 0.3) is 0 Å². The van der Waals surface area contributed by atoms with Crippen molar-refractivity contribution in [2.24, 2.45) is 5.73 Å². The van der Waals surface area contributed by atoms with Gasteiger partial charge in [0.2, 0.25) is 5.91 Å². The summed E-state index contributed by atoms with van der Waals surface area (Å²) in [5.74, 6) is 0.0846. The molecular formula is C15H22N2O. The van der Waals surface area contributed by atoms with Crippen molar-refractivity contribution in [1.82, 2.24) is 4.90 Å². The van der Waals surface area contributed by atoms with Crippen molar-refractivity contribution in [3.05, 3.63) is 35.9 Å². The topological polar surface area (TPSA) is 46.3 Å². The lowest BCUT2D eigenvalue weighted by Gasteiger charge is -2.33. The predicted molar refractivity (Wildman–Crippen MR) is 73.1 cm³/mol. The molecule has 0 unspecified atom stereocenters. The van der Waals surface area contributed by atoms with Crippen molar-refractivity contribution in [1.29, 1.82) is 0 Å². The van der Waals surface area contributed by atoms with E-state index < -0.39 is 6.04 Å². The van der Waals surface area contributed by atoms with Crippen LogP contribution in [0.2, 0.25) is 0 Å². The van der Waals surface area contributed by atoms with E-state index in [2.05, 4.69) is 13.8 Å². The maximum atomic E-state index is 12.4. The van der Waals surface area contributed by atoms with Crippen LogP contribution in [0.1, 0.15) is 32.3 Å². The summed E-state index contributed by atoms with van der Waals surface area (Å²) in [7, 11) is 0. The lowest BCUT2D eigenvalue weighted by Crippen LogP contribution is -2.50. The van der Waals surface area contributed by atoms with Crippen molar-refractivity contribution in [3.8, 4) is 0 Å². The molecule has 1 heterocycles. The number of likely N-dealkylation sites (tertiary alicyclic amines) is 1. The summed E-state index contributed by atoms with van der Waals surface area (Å²) >= 11 is 0. The Morgan fingerprint density at radius 1 is 1.39 bits per heavy atom. The number of hydrogen-bond donors (Lipinski definition) is 1. The van der Waals surface area contributed by atoms with Gasteiger partial charge in [0.15, 0.2) is 0 Å². The van der Waals surface area contributed by atoms with Gasteiger partial charge in [0.05, 0.1) is 6.04 Å². The molecule has 1 aromatic rings. The van der Waals surface area contributed by atoms with Crippen LogP contribution in [-0.4, -0.2) is 28.9 Å². The molecule has 1 saturated heterocycles. The Morgan fingerprint density at radius 2 is 2.06 bits per heavy atom. The minimum Gasteiger partial charge on any atom is -0.336 e. The Morgan fingerprint density at radius 3 is 2.61 bits per heavy atom. The smallest absolute Gasteiger partial charge is 0.240 e. The molecule has 0 spiro atoms. The van der Waals surface area contributed by atoms with E-state index >= 15 is 0 Å². The Bertz CT molecular complexity index is 414. The number of nitrogens with two attached hydrogens (primary N) is 1. The first kappa shape index (κ1) is 13.1. The van der Waals surface area contributed by atoms with Crippen LogP contribution in [0, 0.1) is 0 Å². The van der Waals surface area contributed by atoms with Gasteiger partial charge < -0.3 is 10.6 Å². The zero-order valence-corrected chi connectivity index (χ0v) is 11.2. The lowest BCUT2D eigenvalue weighted by molar-refractivity contribution is -0.135. The first-order valence-corrected chi connectivity index (χ1v) is 6.62. The van der Waals surface area contributed by atoms with Crippen molar-refractivity contribution >= 4 is 5.91 Å².